The molecular weight excluding hydrogens is 420 g/mol. The molecule has 7 nitrogen and oxygen atoms in total. The third-order valence-corrected chi connectivity index (χ3v) is 5.56. The highest BCUT2D eigenvalue weighted by Gasteiger charge is 2.26. The van der Waals surface area contributed by atoms with E-state index in [0.717, 1.165) is 16.9 Å². The molecule has 2 aromatic carbocycles. The Morgan fingerprint density at radius 1 is 0.939 bits per heavy atom. The smallest absolute Gasteiger partial charge is 0.308 e. The Morgan fingerprint density at radius 2 is 1.61 bits per heavy atom. The van der Waals surface area contributed by atoms with E-state index in [9.17, 15) is 14.4 Å². The van der Waals surface area contributed by atoms with E-state index in [1.165, 1.54) is 6.92 Å². The Morgan fingerprint density at radius 3 is 2.24 bits per heavy atom. The van der Waals surface area contributed by atoms with Crippen molar-refractivity contribution in [2.45, 2.75) is 40.0 Å². The molecule has 1 aliphatic rings. The average molecular weight is 453 g/mol. The van der Waals surface area contributed by atoms with E-state index in [0.29, 0.717) is 37.5 Å². The van der Waals surface area contributed by atoms with Gasteiger partial charge in [-0.25, -0.2) is 0 Å². The molecule has 0 aromatic heterocycles. The van der Waals surface area contributed by atoms with Gasteiger partial charge in [0, 0.05) is 38.7 Å². The Balaban J connectivity index is 1.56. The van der Waals surface area contributed by atoms with Gasteiger partial charge in [-0.2, -0.15) is 0 Å². The minimum Gasteiger partial charge on any atom is -0.483 e. The maximum absolute atomic E-state index is 12.8. The quantitative estimate of drug-likeness (QED) is 0.512. The van der Waals surface area contributed by atoms with E-state index in [1.54, 1.807) is 34.1 Å². The highest BCUT2D eigenvalue weighted by molar-refractivity contribution is 5.95. The van der Waals surface area contributed by atoms with Crippen molar-refractivity contribution in [2.24, 2.45) is 0 Å². The number of hydrogen-bond acceptors (Lipinski definition) is 5. The van der Waals surface area contributed by atoms with Crippen molar-refractivity contribution in [3.8, 4) is 11.5 Å². The predicted octanol–water partition coefficient (Wildman–Crippen LogP) is 3.58. The van der Waals surface area contributed by atoms with Crippen LogP contribution in [0.3, 0.4) is 0 Å². The first kappa shape index (κ1) is 24.3. The molecule has 0 spiro atoms. The predicted molar refractivity (Wildman–Crippen MR) is 126 cm³/mol. The van der Waals surface area contributed by atoms with E-state index in [-0.39, 0.29) is 23.8 Å². The van der Waals surface area contributed by atoms with Crippen LogP contribution in [0.5, 0.6) is 11.5 Å². The van der Waals surface area contributed by atoms with E-state index in [2.05, 4.69) is 26.8 Å². The van der Waals surface area contributed by atoms with Gasteiger partial charge in [-0.15, -0.1) is 0 Å². The zero-order valence-corrected chi connectivity index (χ0v) is 20.0. The second-order valence-electron chi connectivity index (χ2n) is 9.33. The number of piperazine rings is 1. The third-order valence-electron chi connectivity index (χ3n) is 5.56. The summed E-state index contributed by atoms with van der Waals surface area (Å²) in [4.78, 5) is 40.2. The van der Waals surface area contributed by atoms with Crippen LogP contribution in [0.2, 0.25) is 0 Å². The van der Waals surface area contributed by atoms with Gasteiger partial charge in [0.1, 0.15) is 11.5 Å². The van der Waals surface area contributed by atoms with Crippen LogP contribution < -0.4 is 9.47 Å². The van der Waals surface area contributed by atoms with Crippen molar-refractivity contribution in [1.29, 1.82) is 0 Å². The summed E-state index contributed by atoms with van der Waals surface area (Å²) < 4.78 is 11.0. The van der Waals surface area contributed by atoms with Crippen LogP contribution in [0.25, 0.3) is 0 Å². The third kappa shape index (κ3) is 6.34. The molecule has 1 heterocycles. The second-order valence-corrected chi connectivity index (χ2v) is 9.33. The number of carbonyl (C=O) groups excluding carboxylic acids is 3. The lowest BCUT2D eigenvalue weighted by molar-refractivity contribution is -0.135. The molecule has 0 radical (unpaired) electrons. The van der Waals surface area contributed by atoms with Gasteiger partial charge in [0.25, 0.3) is 11.8 Å². The summed E-state index contributed by atoms with van der Waals surface area (Å²) in [6, 6.07) is 12.6. The average Bonchev–Trinajstić information content (AvgIpc) is 2.76. The normalized spacial score (nSPS) is 14.1. The summed E-state index contributed by atoms with van der Waals surface area (Å²) in [6.45, 7) is 11.4. The van der Waals surface area contributed by atoms with E-state index in [1.807, 2.05) is 19.1 Å². The summed E-state index contributed by atoms with van der Waals surface area (Å²) >= 11 is 0. The van der Waals surface area contributed by atoms with Gasteiger partial charge in [0.15, 0.2) is 6.61 Å². The largest absolute Gasteiger partial charge is 0.483 e. The first-order valence-corrected chi connectivity index (χ1v) is 11.1. The van der Waals surface area contributed by atoms with Crippen molar-refractivity contribution in [2.75, 3.05) is 32.8 Å². The monoisotopic (exact) mass is 452 g/mol. The lowest BCUT2D eigenvalue weighted by atomic mass is 9.85. The van der Waals surface area contributed by atoms with E-state index >= 15 is 0 Å². The van der Waals surface area contributed by atoms with Crippen LogP contribution in [0.15, 0.2) is 42.5 Å². The number of hydrogen-bond donors (Lipinski definition) is 0. The minimum absolute atomic E-state index is 0.0372. The maximum Gasteiger partial charge on any atom is 0.308 e. The SMILES string of the molecule is CC(=O)Oc1cccc(C(=O)N2CCN(C(=O)COc3ccc(C)cc3C(C)(C)C)CC2)c1. The van der Waals surface area contributed by atoms with E-state index in [4.69, 9.17) is 9.47 Å². The van der Waals surface area contributed by atoms with Gasteiger partial charge in [-0.05, 0) is 42.2 Å². The van der Waals surface area contributed by atoms with Gasteiger partial charge < -0.3 is 19.3 Å². The molecular formula is C26H32N2O5. The Hall–Kier alpha value is -3.35. The maximum atomic E-state index is 12.8. The number of amides is 2. The Bertz CT molecular complexity index is 1030. The van der Waals surface area contributed by atoms with Gasteiger partial charge >= 0.3 is 5.97 Å². The van der Waals surface area contributed by atoms with Gasteiger partial charge in [-0.1, -0.05) is 44.5 Å². The molecule has 2 aromatic rings. The fraction of sp³-hybridized carbons (Fsp3) is 0.423. The van der Waals surface area contributed by atoms with Crippen molar-refractivity contribution in [3.63, 3.8) is 0 Å². The zero-order valence-electron chi connectivity index (χ0n) is 20.0. The molecule has 1 fully saturated rings. The summed E-state index contributed by atoms with van der Waals surface area (Å²) in [5.74, 6) is 0.378. The van der Waals surface area contributed by atoms with Crippen molar-refractivity contribution >= 4 is 17.8 Å². The van der Waals surface area contributed by atoms with Crippen LogP contribution in [-0.2, 0) is 15.0 Å². The first-order chi connectivity index (χ1) is 15.5. The standard InChI is InChI=1S/C26H32N2O5/c1-18-9-10-23(22(15-18)26(3,4)5)32-17-24(30)27-11-13-28(14-12-27)25(31)20-7-6-8-21(16-20)33-19(2)29/h6-10,15-16H,11-14,17H2,1-5H3. The van der Waals surface area contributed by atoms with Gasteiger partial charge in [0.05, 0.1) is 0 Å². The number of rotatable bonds is 5. The lowest BCUT2D eigenvalue weighted by Crippen LogP contribution is -2.51. The molecule has 0 N–H and O–H groups in total. The molecule has 1 aliphatic heterocycles. The fourth-order valence-electron chi connectivity index (χ4n) is 3.79. The van der Waals surface area contributed by atoms with Crippen LogP contribution in [0.4, 0.5) is 0 Å². The lowest BCUT2D eigenvalue weighted by Gasteiger charge is -2.35. The molecule has 1 saturated heterocycles. The zero-order chi connectivity index (χ0) is 24.2. The van der Waals surface area contributed by atoms with E-state index < -0.39 is 5.97 Å². The first-order valence-electron chi connectivity index (χ1n) is 11.1. The summed E-state index contributed by atoms with van der Waals surface area (Å²) in [6.07, 6.45) is 0. The van der Waals surface area contributed by atoms with Crippen molar-refractivity contribution in [1.82, 2.24) is 9.80 Å². The van der Waals surface area contributed by atoms with Crippen molar-refractivity contribution < 1.29 is 23.9 Å². The summed E-state index contributed by atoms with van der Waals surface area (Å²) in [7, 11) is 0. The van der Waals surface area contributed by atoms with Gasteiger partial charge in [0.2, 0.25) is 0 Å². The summed E-state index contributed by atoms with van der Waals surface area (Å²) in [5, 5.41) is 0. The number of ether oxygens (including phenoxy) is 2. The highest BCUT2D eigenvalue weighted by atomic mass is 16.5. The molecule has 2 amide bonds. The number of nitrogens with zero attached hydrogens (tertiary/aromatic N) is 2. The Kier molecular flexibility index (Phi) is 7.41. The van der Waals surface area contributed by atoms with Crippen LogP contribution in [0.1, 0.15) is 49.2 Å². The van der Waals surface area contributed by atoms with Gasteiger partial charge in [-0.3, -0.25) is 14.4 Å². The van der Waals surface area contributed by atoms with Crippen LogP contribution in [-0.4, -0.2) is 60.4 Å². The number of carbonyl (C=O) groups is 3. The fourth-order valence-corrected chi connectivity index (χ4v) is 3.79. The minimum atomic E-state index is -0.436. The molecule has 33 heavy (non-hydrogen) atoms. The highest BCUT2D eigenvalue weighted by Crippen LogP contribution is 2.32. The number of esters is 1. The van der Waals surface area contributed by atoms with Crippen LogP contribution in [0, 0.1) is 6.92 Å². The molecule has 0 aliphatic carbocycles. The molecule has 0 unspecified atom stereocenters. The van der Waals surface area contributed by atoms with Crippen molar-refractivity contribution in [3.05, 3.63) is 59.2 Å². The molecule has 3 rings (SSSR count). The number of benzene rings is 2. The molecule has 7 heteroatoms. The molecule has 0 bridgehead atoms. The second kappa shape index (κ2) is 10.1. The molecule has 0 saturated carbocycles. The van der Waals surface area contributed by atoms with Crippen LogP contribution >= 0.6 is 0 Å². The Labute approximate surface area is 195 Å². The number of aryl methyl sites for hydroxylation is 1. The summed E-state index contributed by atoms with van der Waals surface area (Å²) in [5.41, 5.74) is 2.58. The molecule has 176 valence electrons. The molecule has 0 atom stereocenters. The topological polar surface area (TPSA) is 76.2 Å².